The van der Waals surface area contributed by atoms with Crippen molar-refractivity contribution in [2.45, 2.75) is 24.5 Å². The highest BCUT2D eigenvalue weighted by Gasteiger charge is 2.43. The summed E-state index contributed by atoms with van der Waals surface area (Å²) in [6, 6.07) is 0. The summed E-state index contributed by atoms with van der Waals surface area (Å²) >= 11 is 1.73. The predicted molar refractivity (Wildman–Crippen MR) is 67.0 cm³/mol. The molecule has 4 atom stereocenters. The summed E-state index contributed by atoms with van der Waals surface area (Å²) in [5.41, 5.74) is -1.29. The van der Waals surface area contributed by atoms with Gasteiger partial charge in [0, 0.05) is 6.20 Å². The molecule has 1 aromatic heterocycles. The van der Waals surface area contributed by atoms with Gasteiger partial charge >= 0.3 is 5.69 Å². The number of nitrogens with zero attached hydrogens (tertiary/aromatic N) is 1. The van der Waals surface area contributed by atoms with E-state index in [4.69, 9.17) is 9.84 Å². The third kappa shape index (κ3) is 2.23. The number of hydrogen-bond donors (Lipinski definition) is 4. The van der Waals surface area contributed by atoms with E-state index >= 15 is 0 Å². The molecule has 1 aromatic rings. The molecule has 18 heavy (non-hydrogen) atoms. The van der Waals surface area contributed by atoms with Crippen molar-refractivity contribution in [1.82, 2.24) is 9.55 Å². The van der Waals surface area contributed by atoms with Crippen LogP contribution in [0.2, 0.25) is 0 Å². The Bertz CT molecular complexity index is 555. The number of nitrogens with one attached hydrogen (secondary N) is 1. The van der Waals surface area contributed by atoms with Gasteiger partial charge in [0.15, 0.2) is 6.23 Å². The molecule has 1 aliphatic heterocycles. The summed E-state index contributed by atoms with van der Waals surface area (Å²) in [5, 5.41) is 28.3. The number of aliphatic hydroxyl groups excluding tert-OH is 3. The second kappa shape index (κ2) is 5.09. The fourth-order valence-corrected chi connectivity index (χ4v) is 2.19. The lowest BCUT2D eigenvalue weighted by Gasteiger charge is -2.17. The molecule has 2 heterocycles. The molecule has 1 fully saturated rings. The number of ether oxygens (including phenoxy) is 1. The zero-order valence-corrected chi connectivity index (χ0v) is 11.1. The van der Waals surface area contributed by atoms with Gasteiger partial charge in [-0.25, -0.2) is 4.79 Å². The van der Waals surface area contributed by atoms with Crippen molar-refractivity contribution in [3.8, 4) is 0 Å². The number of aromatic amines is 1. The van der Waals surface area contributed by atoms with Crippen LogP contribution in [0, 0.1) is 3.57 Å². The first-order chi connectivity index (χ1) is 8.45. The minimum absolute atomic E-state index is 0.241. The van der Waals surface area contributed by atoms with Crippen LogP contribution in [0.1, 0.15) is 6.23 Å². The lowest BCUT2D eigenvalue weighted by atomic mass is 10.1. The summed E-state index contributed by atoms with van der Waals surface area (Å²) in [4.78, 5) is 24.9. The van der Waals surface area contributed by atoms with Gasteiger partial charge in [0.05, 0.1) is 10.2 Å². The number of hydrogen-bond acceptors (Lipinski definition) is 6. The number of aliphatic hydroxyl groups is 3. The van der Waals surface area contributed by atoms with E-state index in [0.717, 1.165) is 4.57 Å². The lowest BCUT2D eigenvalue weighted by molar-refractivity contribution is -0.0551. The number of H-pyrrole nitrogens is 1. The molecule has 9 heteroatoms. The Morgan fingerprint density at radius 2 is 2.06 bits per heavy atom. The third-order valence-electron chi connectivity index (χ3n) is 2.72. The van der Waals surface area contributed by atoms with E-state index < -0.39 is 42.4 Å². The second-order valence-electron chi connectivity index (χ2n) is 3.87. The van der Waals surface area contributed by atoms with E-state index in [-0.39, 0.29) is 3.57 Å². The Kier molecular flexibility index (Phi) is 3.87. The number of halogens is 1. The topological polar surface area (TPSA) is 125 Å². The maximum Gasteiger partial charge on any atom is 0.330 e. The first kappa shape index (κ1) is 13.7. The van der Waals surface area contributed by atoms with Gasteiger partial charge in [-0.1, -0.05) is 0 Å². The average Bonchev–Trinajstić information content (AvgIpc) is 2.61. The highest BCUT2D eigenvalue weighted by Crippen LogP contribution is 2.27. The van der Waals surface area contributed by atoms with Gasteiger partial charge in [0.1, 0.15) is 18.3 Å². The molecule has 0 aromatic carbocycles. The zero-order chi connectivity index (χ0) is 13.4. The van der Waals surface area contributed by atoms with Crippen molar-refractivity contribution < 1.29 is 20.1 Å². The Labute approximate surface area is 114 Å². The molecule has 0 bridgehead atoms. The molecule has 1 aliphatic rings. The standard InChI is InChI=1S/C9H11IN2O6/c10-3-1-12(9(17)11-7(3)16)8-6(15)5(14)4(2-13)18-8/h1,4-6,8,13-15H,2H2,(H,11,16,17)/t4-,5-,6+,8?/m1/s1. The molecule has 1 saturated heterocycles. The average molecular weight is 370 g/mol. The summed E-state index contributed by atoms with van der Waals surface area (Å²) in [5.74, 6) is 0. The summed E-state index contributed by atoms with van der Waals surface area (Å²) in [6.45, 7) is -0.482. The molecule has 4 N–H and O–H groups in total. The molecular formula is C9H11IN2O6. The molecular weight excluding hydrogens is 359 g/mol. The van der Waals surface area contributed by atoms with Crippen molar-refractivity contribution >= 4 is 22.6 Å². The predicted octanol–water partition coefficient (Wildman–Crippen LogP) is -2.25. The van der Waals surface area contributed by atoms with E-state index in [1.54, 1.807) is 22.6 Å². The van der Waals surface area contributed by atoms with Crippen LogP contribution in [0.5, 0.6) is 0 Å². The Morgan fingerprint density at radius 1 is 1.39 bits per heavy atom. The number of rotatable bonds is 2. The van der Waals surface area contributed by atoms with Gasteiger partial charge in [-0.05, 0) is 22.6 Å². The summed E-state index contributed by atoms with van der Waals surface area (Å²) in [6.07, 6.45) is -3.54. The normalized spacial score (nSPS) is 31.8. The highest BCUT2D eigenvalue weighted by atomic mass is 127. The van der Waals surface area contributed by atoms with E-state index in [0.29, 0.717) is 0 Å². The van der Waals surface area contributed by atoms with Gasteiger partial charge in [0.2, 0.25) is 0 Å². The molecule has 0 saturated carbocycles. The smallest absolute Gasteiger partial charge is 0.330 e. The number of aromatic nitrogens is 2. The van der Waals surface area contributed by atoms with E-state index in [1.807, 2.05) is 0 Å². The summed E-state index contributed by atoms with van der Waals surface area (Å²) < 4.78 is 6.40. The van der Waals surface area contributed by atoms with Gasteiger partial charge in [-0.15, -0.1) is 0 Å². The van der Waals surface area contributed by atoms with Crippen LogP contribution in [-0.4, -0.2) is 49.8 Å². The summed E-state index contributed by atoms with van der Waals surface area (Å²) in [7, 11) is 0. The quantitative estimate of drug-likeness (QED) is 0.436. The molecule has 100 valence electrons. The van der Waals surface area contributed by atoms with E-state index in [9.17, 15) is 19.8 Å². The Balaban J connectivity index is 2.42. The van der Waals surface area contributed by atoms with Crippen LogP contribution in [0.3, 0.4) is 0 Å². The molecule has 0 radical (unpaired) electrons. The Morgan fingerprint density at radius 3 is 2.61 bits per heavy atom. The fraction of sp³-hybridized carbons (Fsp3) is 0.556. The van der Waals surface area contributed by atoms with Crippen LogP contribution >= 0.6 is 22.6 Å². The minimum Gasteiger partial charge on any atom is -0.394 e. The largest absolute Gasteiger partial charge is 0.394 e. The van der Waals surface area contributed by atoms with Crippen LogP contribution in [0.4, 0.5) is 0 Å². The maximum atomic E-state index is 11.6. The van der Waals surface area contributed by atoms with Crippen molar-refractivity contribution in [3.63, 3.8) is 0 Å². The van der Waals surface area contributed by atoms with Crippen molar-refractivity contribution in [2.75, 3.05) is 6.61 Å². The van der Waals surface area contributed by atoms with Crippen LogP contribution < -0.4 is 11.2 Å². The maximum absolute atomic E-state index is 11.6. The van der Waals surface area contributed by atoms with Crippen molar-refractivity contribution in [1.29, 1.82) is 0 Å². The molecule has 2 rings (SSSR count). The van der Waals surface area contributed by atoms with Crippen molar-refractivity contribution in [2.24, 2.45) is 0 Å². The molecule has 0 amide bonds. The molecule has 8 nitrogen and oxygen atoms in total. The monoisotopic (exact) mass is 370 g/mol. The first-order valence-electron chi connectivity index (χ1n) is 5.09. The highest BCUT2D eigenvalue weighted by molar-refractivity contribution is 14.1. The minimum atomic E-state index is -1.36. The van der Waals surface area contributed by atoms with E-state index in [1.165, 1.54) is 6.20 Å². The van der Waals surface area contributed by atoms with E-state index in [2.05, 4.69) is 4.98 Å². The fourth-order valence-electron chi connectivity index (χ4n) is 1.76. The second-order valence-corrected chi connectivity index (χ2v) is 5.03. The van der Waals surface area contributed by atoms with Gasteiger partial charge in [-0.3, -0.25) is 14.3 Å². The van der Waals surface area contributed by atoms with Crippen LogP contribution in [0.25, 0.3) is 0 Å². The van der Waals surface area contributed by atoms with Crippen molar-refractivity contribution in [3.05, 3.63) is 30.6 Å². The first-order valence-corrected chi connectivity index (χ1v) is 6.17. The van der Waals surface area contributed by atoms with Crippen LogP contribution in [0.15, 0.2) is 15.8 Å². The Hall–Kier alpha value is -0.750. The molecule has 1 unspecified atom stereocenters. The van der Waals surface area contributed by atoms with Crippen LogP contribution in [-0.2, 0) is 4.74 Å². The third-order valence-corrected chi connectivity index (χ3v) is 3.48. The molecule has 0 spiro atoms. The lowest BCUT2D eigenvalue weighted by Crippen LogP contribution is -2.38. The van der Waals surface area contributed by atoms with Gasteiger partial charge < -0.3 is 20.1 Å². The SMILES string of the molecule is O=c1[nH]c(=O)n(C2O[C@H](CO)[C@@H](O)[C@@H]2O)cc1I. The van der Waals surface area contributed by atoms with Gasteiger partial charge in [-0.2, -0.15) is 0 Å². The van der Waals surface area contributed by atoms with Gasteiger partial charge in [0.25, 0.3) is 5.56 Å². The zero-order valence-electron chi connectivity index (χ0n) is 8.99. The molecule has 0 aliphatic carbocycles.